The predicted octanol–water partition coefficient (Wildman–Crippen LogP) is 2.90. The topological polar surface area (TPSA) is 109 Å². The number of nitriles is 1. The first-order valence-electron chi connectivity index (χ1n) is 8.91. The standard InChI is InChI=1S/C20H19F2N3O4S/c1-10(2)17(25-18(27)16-13(21)5-4-6-14(16)22)20(28)29-8-15(26)12(7-23)19-24-11(3)9-30-19/h4-6,9-10,12,17H,8H2,1-3H3,(H,25,27)/t12-,17-/m0/s1. The number of carbonyl (C=O) groups is 3. The van der Waals surface area contributed by atoms with Gasteiger partial charge in [0.1, 0.15) is 28.2 Å². The molecule has 0 radical (unpaired) electrons. The third kappa shape index (κ3) is 5.45. The highest BCUT2D eigenvalue weighted by atomic mass is 32.1. The first-order chi connectivity index (χ1) is 14.1. The van der Waals surface area contributed by atoms with Gasteiger partial charge in [0.2, 0.25) is 0 Å². The van der Waals surface area contributed by atoms with Crippen LogP contribution in [0, 0.1) is 35.8 Å². The third-order valence-corrected chi connectivity index (χ3v) is 5.12. The van der Waals surface area contributed by atoms with Crippen molar-refractivity contribution in [1.29, 1.82) is 5.26 Å². The number of nitrogens with zero attached hydrogens (tertiary/aromatic N) is 2. The van der Waals surface area contributed by atoms with Gasteiger partial charge in [0.25, 0.3) is 5.91 Å². The van der Waals surface area contributed by atoms with Crippen LogP contribution in [0.2, 0.25) is 0 Å². The second kappa shape index (κ2) is 10.0. The molecule has 10 heteroatoms. The van der Waals surface area contributed by atoms with Crippen molar-refractivity contribution in [3.8, 4) is 6.07 Å². The number of amides is 1. The van der Waals surface area contributed by atoms with Gasteiger partial charge in [0.15, 0.2) is 18.3 Å². The Labute approximate surface area is 175 Å². The number of rotatable bonds is 8. The summed E-state index contributed by atoms with van der Waals surface area (Å²) >= 11 is 1.14. The van der Waals surface area contributed by atoms with Crippen molar-refractivity contribution in [3.63, 3.8) is 0 Å². The summed E-state index contributed by atoms with van der Waals surface area (Å²) in [6, 6.07) is 3.51. The lowest BCUT2D eigenvalue weighted by molar-refractivity contribution is -0.151. The van der Waals surface area contributed by atoms with E-state index in [1.807, 2.05) is 6.07 Å². The summed E-state index contributed by atoms with van der Waals surface area (Å²) in [5.41, 5.74) is -0.168. The average molecular weight is 435 g/mol. The Hall–Kier alpha value is -3.19. The summed E-state index contributed by atoms with van der Waals surface area (Å²) in [6.45, 7) is 4.18. The van der Waals surface area contributed by atoms with Crippen LogP contribution >= 0.6 is 11.3 Å². The van der Waals surface area contributed by atoms with E-state index >= 15 is 0 Å². The molecule has 0 saturated carbocycles. The largest absolute Gasteiger partial charge is 0.456 e. The van der Waals surface area contributed by atoms with Crippen LogP contribution < -0.4 is 5.32 Å². The summed E-state index contributed by atoms with van der Waals surface area (Å²) < 4.78 is 32.6. The molecule has 0 saturated heterocycles. The molecule has 1 aromatic carbocycles. The van der Waals surface area contributed by atoms with Gasteiger partial charge >= 0.3 is 5.97 Å². The Balaban J connectivity index is 2.06. The zero-order valence-electron chi connectivity index (χ0n) is 16.4. The van der Waals surface area contributed by atoms with Gasteiger partial charge in [-0.05, 0) is 25.0 Å². The highest BCUT2D eigenvalue weighted by Gasteiger charge is 2.30. The number of ketones is 1. The predicted molar refractivity (Wildman–Crippen MR) is 104 cm³/mol. The molecule has 0 fully saturated rings. The van der Waals surface area contributed by atoms with E-state index in [9.17, 15) is 28.4 Å². The van der Waals surface area contributed by atoms with E-state index in [1.165, 1.54) is 0 Å². The minimum atomic E-state index is -1.26. The maximum absolute atomic E-state index is 13.8. The molecule has 0 aliphatic heterocycles. The van der Waals surface area contributed by atoms with Crippen molar-refractivity contribution in [2.24, 2.45) is 5.92 Å². The second-order valence-electron chi connectivity index (χ2n) is 6.76. The number of Topliss-reactive ketones (excluding diaryl/α,β-unsaturated/α-hetero) is 1. The van der Waals surface area contributed by atoms with Crippen LogP contribution in [0.4, 0.5) is 8.78 Å². The van der Waals surface area contributed by atoms with Gasteiger partial charge in [-0.3, -0.25) is 9.59 Å². The maximum atomic E-state index is 13.8. The number of esters is 1. The van der Waals surface area contributed by atoms with Gasteiger partial charge in [-0.25, -0.2) is 18.6 Å². The van der Waals surface area contributed by atoms with Crippen LogP contribution in [0.25, 0.3) is 0 Å². The van der Waals surface area contributed by atoms with Crippen LogP contribution in [0.3, 0.4) is 0 Å². The molecule has 1 N–H and O–H groups in total. The summed E-state index contributed by atoms with van der Waals surface area (Å²) in [5, 5.41) is 13.5. The molecular weight excluding hydrogens is 416 g/mol. The Morgan fingerprint density at radius 3 is 2.40 bits per heavy atom. The summed E-state index contributed by atoms with van der Waals surface area (Å²) in [4.78, 5) is 41.1. The number of halogens is 2. The Kier molecular flexibility index (Phi) is 7.72. The minimum absolute atomic E-state index is 0.291. The smallest absolute Gasteiger partial charge is 0.329 e. The van der Waals surface area contributed by atoms with E-state index < -0.39 is 59.3 Å². The molecule has 7 nitrogen and oxygen atoms in total. The number of ether oxygens (including phenoxy) is 1. The second-order valence-corrected chi connectivity index (χ2v) is 7.64. The van der Waals surface area contributed by atoms with Gasteiger partial charge in [-0.15, -0.1) is 11.3 Å². The van der Waals surface area contributed by atoms with Crippen molar-refractivity contribution in [1.82, 2.24) is 10.3 Å². The van der Waals surface area contributed by atoms with Crippen LogP contribution in [0.5, 0.6) is 0 Å². The number of thiazole rings is 1. The molecule has 0 bridgehead atoms. The average Bonchev–Trinajstić information content (AvgIpc) is 3.10. The Morgan fingerprint density at radius 1 is 1.27 bits per heavy atom. The zero-order valence-corrected chi connectivity index (χ0v) is 17.3. The first-order valence-corrected chi connectivity index (χ1v) is 9.79. The molecule has 30 heavy (non-hydrogen) atoms. The Morgan fingerprint density at radius 2 is 1.90 bits per heavy atom. The zero-order chi connectivity index (χ0) is 22.4. The molecule has 0 spiro atoms. The van der Waals surface area contributed by atoms with E-state index in [-0.39, 0.29) is 0 Å². The molecule has 2 atom stereocenters. The van der Waals surface area contributed by atoms with Crippen LogP contribution in [-0.4, -0.2) is 35.3 Å². The molecule has 1 aromatic heterocycles. The van der Waals surface area contributed by atoms with Crippen molar-refractivity contribution >= 4 is 29.0 Å². The fraction of sp³-hybridized carbons (Fsp3) is 0.350. The van der Waals surface area contributed by atoms with Crippen molar-refractivity contribution in [2.45, 2.75) is 32.7 Å². The molecule has 0 aliphatic rings. The first kappa shape index (κ1) is 23.1. The third-order valence-electron chi connectivity index (χ3n) is 4.09. The number of nitrogens with one attached hydrogen (secondary N) is 1. The van der Waals surface area contributed by atoms with Crippen LogP contribution in [-0.2, 0) is 14.3 Å². The van der Waals surface area contributed by atoms with E-state index in [0.29, 0.717) is 10.7 Å². The number of hydrogen-bond donors (Lipinski definition) is 1. The Bertz CT molecular complexity index is 980. The molecule has 2 rings (SSSR count). The SMILES string of the molecule is Cc1csc([C@@H](C#N)C(=O)COC(=O)[C@@H](NC(=O)c2c(F)cccc2F)C(C)C)n1. The summed E-state index contributed by atoms with van der Waals surface area (Å²) in [7, 11) is 0. The van der Waals surface area contributed by atoms with E-state index in [4.69, 9.17) is 4.74 Å². The van der Waals surface area contributed by atoms with Gasteiger partial charge < -0.3 is 10.1 Å². The lowest BCUT2D eigenvalue weighted by Crippen LogP contribution is -2.46. The quantitative estimate of drug-likeness (QED) is 0.639. The van der Waals surface area contributed by atoms with E-state index in [1.54, 1.807) is 26.2 Å². The molecule has 0 unspecified atom stereocenters. The molecular formula is C20H19F2N3O4S. The lowest BCUT2D eigenvalue weighted by atomic mass is 10.0. The van der Waals surface area contributed by atoms with Gasteiger partial charge in [-0.1, -0.05) is 19.9 Å². The molecule has 2 aromatic rings. The molecule has 0 aliphatic carbocycles. The van der Waals surface area contributed by atoms with E-state index in [2.05, 4.69) is 10.3 Å². The van der Waals surface area contributed by atoms with Crippen LogP contribution in [0.15, 0.2) is 23.6 Å². The van der Waals surface area contributed by atoms with Gasteiger partial charge in [-0.2, -0.15) is 5.26 Å². The molecule has 1 heterocycles. The molecule has 158 valence electrons. The fourth-order valence-electron chi connectivity index (χ4n) is 2.51. The number of hydrogen-bond acceptors (Lipinski definition) is 7. The van der Waals surface area contributed by atoms with Crippen molar-refractivity contribution in [3.05, 3.63) is 51.5 Å². The fourth-order valence-corrected chi connectivity index (χ4v) is 3.37. The van der Waals surface area contributed by atoms with Gasteiger partial charge in [0.05, 0.1) is 6.07 Å². The van der Waals surface area contributed by atoms with Crippen molar-refractivity contribution < 1.29 is 27.9 Å². The van der Waals surface area contributed by atoms with Crippen molar-refractivity contribution in [2.75, 3.05) is 6.61 Å². The molecule has 1 amide bonds. The van der Waals surface area contributed by atoms with Gasteiger partial charge in [0, 0.05) is 11.1 Å². The highest BCUT2D eigenvalue weighted by molar-refractivity contribution is 7.09. The highest BCUT2D eigenvalue weighted by Crippen LogP contribution is 2.21. The minimum Gasteiger partial charge on any atom is -0.456 e. The number of aromatic nitrogens is 1. The van der Waals surface area contributed by atoms with Crippen LogP contribution in [0.1, 0.15) is 40.8 Å². The normalized spacial score (nSPS) is 12.7. The summed E-state index contributed by atoms with van der Waals surface area (Å²) in [6.07, 6.45) is 0. The lowest BCUT2D eigenvalue weighted by Gasteiger charge is -2.21. The number of aryl methyl sites for hydroxylation is 1. The number of carbonyl (C=O) groups excluding carboxylic acids is 3. The summed E-state index contributed by atoms with van der Waals surface area (Å²) in [5.74, 6) is -6.59. The number of benzene rings is 1. The maximum Gasteiger partial charge on any atom is 0.329 e. The van der Waals surface area contributed by atoms with E-state index in [0.717, 1.165) is 29.5 Å². The monoisotopic (exact) mass is 435 g/mol.